The molecule has 36 heteroatoms. The van der Waals surface area contributed by atoms with Crippen LogP contribution in [0.5, 0.6) is 5.75 Å². The molecule has 108 heavy (non-hydrogen) atoms. The van der Waals surface area contributed by atoms with Crippen molar-refractivity contribution in [2.75, 3.05) is 26.2 Å². The van der Waals surface area contributed by atoms with Gasteiger partial charge < -0.3 is 77.2 Å². The Morgan fingerprint density at radius 2 is 0.954 bits per heavy atom. The van der Waals surface area contributed by atoms with Gasteiger partial charge in [-0.15, -0.1) is 0 Å². The number of halogens is 5. The van der Waals surface area contributed by atoms with Crippen molar-refractivity contribution in [1.82, 2.24) is 63.0 Å². The molecule has 2 aromatic rings. The third-order valence-electron chi connectivity index (χ3n) is 17.6. The highest BCUT2D eigenvalue weighted by Crippen LogP contribution is 2.31. The van der Waals surface area contributed by atoms with E-state index in [1.165, 1.54) is 0 Å². The molecule has 3 fully saturated rings. The molecule has 11 atom stereocenters. The second-order valence-electron chi connectivity index (χ2n) is 30.6. The van der Waals surface area contributed by atoms with E-state index in [0.29, 0.717) is 5.56 Å². The van der Waals surface area contributed by atoms with E-state index >= 15 is 14.4 Å². The zero-order valence-corrected chi connectivity index (χ0v) is 63.5. The summed E-state index contributed by atoms with van der Waals surface area (Å²) < 4.78 is 87.8. The zero-order valence-electron chi connectivity index (χ0n) is 63.5. The predicted octanol–water partition coefficient (Wildman–Crippen LogP) is 5.49. The fraction of sp³-hybridized carbons (Fsp3) is 0.653. The number of alkyl carbamates (subject to hydrolysis) is 2. The summed E-state index contributed by atoms with van der Waals surface area (Å²) >= 11 is 0. The van der Waals surface area contributed by atoms with Gasteiger partial charge in [-0.2, -0.15) is 8.78 Å². The molecule has 3 aliphatic rings. The number of carbonyl (C=O) groups is 13. The maximum absolute atomic E-state index is 15.4. The van der Waals surface area contributed by atoms with Crippen LogP contribution < -0.4 is 57.9 Å². The van der Waals surface area contributed by atoms with Gasteiger partial charge in [0, 0.05) is 43.9 Å². The number of hydrogen-bond donors (Lipinski definition) is 10. The lowest BCUT2D eigenvalue weighted by molar-refractivity contribution is -0.144. The van der Waals surface area contributed by atoms with Crippen LogP contribution in [0.25, 0.3) is 10.4 Å². The highest BCUT2D eigenvalue weighted by atomic mass is 19.2. The molecule has 0 spiro atoms. The fourth-order valence-electron chi connectivity index (χ4n) is 12.3. The van der Waals surface area contributed by atoms with Gasteiger partial charge in [0.15, 0.2) is 0 Å². The number of azide groups is 1. The number of carbonyl (C=O) groups excluding carboxylic acids is 13. The number of esters is 1. The Morgan fingerprint density at radius 1 is 0.537 bits per heavy atom. The second-order valence-corrected chi connectivity index (χ2v) is 30.6. The minimum Gasteiger partial charge on any atom is -0.444 e. The molecule has 0 saturated carbocycles. The standard InChI is InChI=1S/C72H104F5N15O16/c1-36(2)31-45-61(96)83-44(26-27-50(93)106-58-54(76)52(74)51(73)53(75)55(58)77)67(102)91-30-20-25-48(91)63(98)87-56(38(5)6)65(100)81-43(24-19-29-80-70(105)108-72(12,13)14)60(95)85-46(32-37(3)4)62(97)86-47(33-40-21-16-15-17-22-40)68(103)92-35-41(89-90-78)34-49(92)64(99)88-57(39(7)8)66(101)82-42(59(94)84-45)23-18-28-79-69(104)107-71(9,10)11/h15-17,21-22,36-39,41-49,56-57H,18-20,23-35H2,1-14H3,(H,79,104)(H,80,105)(H,81,100)(H,82,101)(H,83,96)(H,84,94)(H,85,95)(H,86,97)(H,87,98)(H,88,99)/t41-,42+,43+,44-,45+,46+,47-,48+,49+,56+,57+/m1/s1. The molecule has 2 aromatic carbocycles. The zero-order chi connectivity index (χ0) is 80.8. The average molecular weight is 1530 g/mol. The number of benzene rings is 2. The number of amides is 12. The van der Waals surface area contributed by atoms with Gasteiger partial charge in [0.25, 0.3) is 0 Å². The van der Waals surface area contributed by atoms with Crippen molar-refractivity contribution in [1.29, 1.82) is 0 Å². The topological polar surface area (TPSA) is 425 Å². The van der Waals surface area contributed by atoms with Gasteiger partial charge in [-0.3, -0.25) is 52.7 Å². The maximum Gasteiger partial charge on any atom is 0.407 e. The minimum absolute atomic E-state index is 0.0115. The average Bonchev–Trinajstić information content (AvgIpc) is 1.36. The fourth-order valence-corrected chi connectivity index (χ4v) is 12.3. The first-order valence-corrected chi connectivity index (χ1v) is 36.3. The summed E-state index contributed by atoms with van der Waals surface area (Å²) in [6.07, 6.45) is -5.02. The lowest BCUT2D eigenvalue weighted by Crippen LogP contribution is -2.62. The van der Waals surface area contributed by atoms with E-state index in [1.807, 2.05) is 0 Å². The number of fused-ring (bicyclic) bond motifs is 2. The van der Waals surface area contributed by atoms with E-state index in [9.17, 15) is 75.4 Å². The first-order valence-electron chi connectivity index (χ1n) is 36.3. The summed E-state index contributed by atoms with van der Waals surface area (Å²) in [5, 5.41) is 30.3. The monoisotopic (exact) mass is 1530 g/mol. The largest absolute Gasteiger partial charge is 0.444 e. The predicted molar refractivity (Wildman–Crippen MR) is 380 cm³/mol. The molecule has 12 amide bonds. The summed E-state index contributed by atoms with van der Waals surface area (Å²) in [4.78, 5) is 194. The van der Waals surface area contributed by atoms with E-state index in [4.69, 9.17) is 9.47 Å². The molecule has 3 saturated heterocycles. The van der Waals surface area contributed by atoms with Crippen molar-refractivity contribution in [3.63, 3.8) is 0 Å². The van der Waals surface area contributed by atoms with Crippen LogP contribution in [0.1, 0.15) is 173 Å². The highest BCUT2D eigenvalue weighted by molar-refractivity contribution is 6.00. The van der Waals surface area contributed by atoms with Crippen LogP contribution in [0.2, 0.25) is 0 Å². The summed E-state index contributed by atoms with van der Waals surface area (Å²) in [7, 11) is 0. The molecular formula is C72H104F5N15O16. The lowest BCUT2D eigenvalue weighted by Gasteiger charge is -2.33. The Labute approximate surface area is 624 Å². The molecule has 0 unspecified atom stereocenters. The van der Waals surface area contributed by atoms with Crippen molar-refractivity contribution in [2.24, 2.45) is 28.8 Å². The van der Waals surface area contributed by atoms with E-state index < -0.39 is 220 Å². The molecule has 0 aliphatic carbocycles. The Bertz CT molecular complexity index is 3600. The van der Waals surface area contributed by atoms with Gasteiger partial charge >= 0.3 is 18.2 Å². The molecule has 598 valence electrons. The van der Waals surface area contributed by atoms with Crippen LogP contribution in [0.15, 0.2) is 35.4 Å². The van der Waals surface area contributed by atoms with Crippen LogP contribution in [0.4, 0.5) is 31.5 Å². The lowest BCUT2D eigenvalue weighted by atomic mass is 9.99. The molecular weight excluding hydrogens is 1430 g/mol. The van der Waals surface area contributed by atoms with Crippen LogP contribution in [0, 0.1) is 52.8 Å². The Kier molecular flexibility index (Phi) is 33.1. The van der Waals surface area contributed by atoms with Crippen LogP contribution in [0.3, 0.4) is 0 Å². The van der Waals surface area contributed by atoms with Crippen LogP contribution >= 0.6 is 0 Å². The van der Waals surface area contributed by atoms with Crippen molar-refractivity contribution >= 4 is 77.2 Å². The highest BCUT2D eigenvalue weighted by Gasteiger charge is 2.46. The van der Waals surface area contributed by atoms with E-state index in [0.717, 1.165) is 9.80 Å². The van der Waals surface area contributed by atoms with Gasteiger partial charge in [-0.1, -0.05) is 90.8 Å². The number of nitrogens with one attached hydrogen (secondary N) is 10. The summed E-state index contributed by atoms with van der Waals surface area (Å²) in [6.45, 7) is 21.9. The van der Waals surface area contributed by atoms with Crippen LogP contribution in [-0.4, -0.2) is 191 Å². The molecule has 5 rings (SSSR count). The summed E-state index contributed by atoms with van der Waals surface area (Å²) in [6, 6.07) is -8.38. The van der Waals surface area contributed by atoms with Crippen molar-refractivity contribution in [3.05, 3.63) is 75.4 Å². The number of rotatable bonds is 21. The third-order valence-corrected chi connectivity index (χ3v) is 17.6. The third kappa shape index (κ3) is 26.8. The van der Waals surface area contributed by atoms with Gasteiger partial charge in [0.05, 0.1) is 6.04 Å². The smallest absolute Gasteiger partial charge is 0.407 e. The first kappa shape index (κ1) is 88.7. The SMILES string of the molecule is CC(C)C[C@@H]1NC(=O)[C@H](CCCNC(=O)OC(C)(C)C)NC(=O)[C@H](C(C)C)NC(=O)[C@@H]2C[C@@H](N=[N+]=[N-])CN2C(=O)[C@@H](Cc2ccccc2)NC(=O)[C@H](CC(C)C)NC(=O)[C@H](CCCNC(=O)OC(C)(C)C)NC(=O)[C@H](C(C)C)NC(=O)[C@@H]2CCCN2C(=O)[C@@H](CCC(=O)Oc2c(F)c(F)c(F)c(F)c2F)NC1=O. The van der Waals surface area contributed by atoms with E-state index in [2.05, 4.69) is 67.9 Å². The Hall–Kier alpha value is -9.89. The minimum atomic E-state index is -2.56. The molecule has 0 bridgehead atoms. The molecule has 0 aromatic heterocycles. The van der Waals surface area contributed by atoms with Crippen molar-refractivity contribution < 1.29 is 98.5 Å². The molecule has 0 radical (unpaired) electrons. The second kappa shape index (κ2) is 40.3. The normalized spacial score (nSPS) is 23.7. The summed E-state index contributed by atoms with van der Waals surface area (Å²) in [5.74, 6) is -28.4. The summed E-state index contributed by atoms with van der Waals surface area (Å²) in [5.41, 5.74) is 8.40. The maximum atomic E-state index is 15.4. The van der Waals surface area contributed by atoms with Gasteiger partial charge in [-0.25, -0.2) is 22.8 Å². The quantitative estimate of drug-likeness (QED) is 0.00850. The molecule has 3 aliphatic heterocycles. The van der Waals surface area contributed by atoms with Crippen LogP contribution in [-0.2, 0) is 68.6 Å². The number of ether oxygens (including phenoxy) is 3. The van der Waals surface area contributed by atoms with Crippen molar-refractivity contribution in [2.45, 2.75) is 252 Å². The number of nitrogens with zero attached hydrogens (tertiary/aromatic N) is 5. The first-order chi connectivity index (χ1) is 50.5. The van der Waals surface area contributed by atoms with Gasteiger partial charge in [0.1, 0.15) is 71.6 Å². The van der Waals surface area contributed by atoms with Gasteiger partial charge in [-0.05, 0) is 141 Å². The Balaban J connectivity index is 1.68. The number of hydrogen-bond acceptors (Lipinski definition) is 17. The van der Waals surface area contributed by atoms with Crippen molar-refractivity contribution in [3.8, 4) is 5.75 Å². The van der Waals surface area contributed by atoms with E-state index in [-0.39, 0.29) is 96.3 Å². The molecule has 10 N–H and O–H groups in total. The molecule has 3 heterocycles. The Morgan fingerprint density at radius 3 is 1.40 bits per heavy atom. The molecule has 31 nitrogen and oxygen atoms in total. The van der Waals surface area contributed by atoms with Gasteiger partial charge in [0.2, 0.25) is 93.9 Å². The van der Waals surface area contributed by atoms with E-state index in [1.54, 1.807) is 127 Å².